The van der Waals surface area contributed by atoms with Crippen LogP contribution < -0.4 is 0 Å². The lowest BCUT2D eigenvalue weighted by atomic mass is 10.0. The Morgan fingerprint density at radius 2 is 1.68 bits per heavy atom. The van der Waals surface area contributed by atoms with Crippen molar-refractivity contribution in [2.75, 3.05) is 14.2 Å². The van der Waals surface area contributed by atoms with Gasteiger partial charge in [-0.25, -0.2) is 4.79 Å². The number of carbonyl (C=O) groups is 2. The third kappa shape index (κ3) is 4.08. The second-order valence-corrected chi connectivity index (χ2v) is 6.57. The van der Waals surface area contributed by atoms with E-state index < -0.39 is 0 Å². The molecule has 2 aromatic rings. The summed E-state index contributed by atoms with van der Waals surface area (Å²) < 4.78 is 4.69. The third-order valence-electron chi connectivity index (χ3n) is 4.74. The van der Waals surface area contributed by atoms with Gasteiger partial charge in [0.2, 0.25) is 5.91 Å². The number of nitrogens with zero attached hydrogens (tertiary/aromatic N) is 1. The molecule has 2 aromatic carbocycles. The first-order valence-corrected chi connectivity index (χ1v) is 8.58. The highest BCUT2D eigenvalue weighted by Gasteiger charge is 2.14. The van der Waals surface area contributed by atoms with Crippen LogP contribution in [0, 0.1) is 0 Å². The van der Waals surface area contributed by atoms with Crippen LogP contribution in [-0.4, -0.2) is 30.9 Å². The summed E-state index contributed by atoms with van der Waals surface area (Å²) in [6, 6.07) is 13.6. The molecular formula is C21H23NO3. The Morgan fingerprint density at radius 3 is 2.40 bits per heavy atom. The summed E-state index contributed by atoms with van der Waals surface area (Å²) in [6.45, 7) is 0.519. The van der Waals surface area contributed by atoms with Crippen LogP contribution in [0.4, 0.5) is 0 Å². The number of methoxy groups -OCH3 is 1. The van der Waals surface area contributed by atoms with Gasteiger partial charge in [0.05, 0.1) is 19.1 Å². The normalized spacial score (nSPS) is 12.6. The molecule has 1 amide bonds. The van der Waals surface area contributed by atoms with Crippen LogP contribution in [0.2, 0.25) is 0 Å². The SMILES string of the molecule is COC(=O)c1ccc(CN(C)C(=O)Cc2ccc3c(c2)CCC3)cc1. The van der Waals surface area contributed by atoms with Gasteiger partial charge in [0, 0.05) is 13.6 Å². The Hall–Kier alpha value is -2.62. The molecule has 130 valence electrons. The highest BCUT2D eigenvalue weighted by Crippen LogP contribution is 2.23. The van der Waals surface area contributed by atoms with Gasteiger partial charge in [-0.15, -0.1) is 0 Å². The van der Waals surface area contributed by atoms with E-state index in [1.165, 1.54) is 24.7 Å². The lowest BCUT2D eigenvalue weighted by Gasteiger charge is -2.18. The molecule has 0 aliphatic heterocycles. The minimum atomic E-state index is -0.354. The van der Waals surface area contributed by atoms with Crippen molar-refractivity contribution in [3.8, 4) is 0 Å². The molecular weight excluding hydrogens is 314 g/mol. The van der Waals surface area contributed by atoms with Gasteiger partial charge in [0.1, 0.15) is 0 Å². The smallest absolute Gasteiger partial charge is 0.337 e. The molecule has 0 fully saturated rings. The number of hydrogen-bond donors (Lipinski definition) is 0. The molecule has 4 heteroatoms. The zero-order valence-corrected chi connectivity index (χ0v) is 14.7. The zero-order valence-electron chi connectivity index (χ0n) is 14.7. The molecule has 0 saturated carbocycles. The van der Waals surface area contributed by atoms with Crippen molar-refractivity contribution < 1.29 is 14.3 Å². The summed E-state index contributed by atoms with van der Waals surface area (Å²) in [5.74, 6) is -0.261. The standard InChI is InChI=1S/C21H23NO3/c1-22(14-15-6-10-18(11-7-15)21(24)25-2)20(23)13-16-8-9-17-4-3-5-19(17)12-16/h6-12H,3-5,13-14H2,1-2H3. The van der Waals surface area contributed by atoms with Gasteiger partial charge in [-0.1, -0.05) is 30.3 Å². The lowest BCUT2D eigenvalue weighted by Crippen LogP contribution is -2.27. The van der Waals surface area contributed by atoms with Gasteiger partial charge in [-0.05, 0) is 53.6 Å². The predicted octanol–water partition coefficient (Wildman–Crippen LogP) is 3.16. The van der Waals surface area contributed by atoms with E-state index in [9.17, 15) is 9.59 Å². The quantitative estimate of drug-likeness (QED) is 0.788. The molecule has 0 bridgehead atoms. The number of amides is 1. The molecule has 1 aliphatic carbocycles. The number of fused-ring (bicyclic) bond motifs is 1. The van der Waals surface area contributed by atoms with E-state index >= 15 is 0 Å². The summed E-state index contributed by atoms with van der Waals surface area (Å²) in [7, 11) is 3.17. The maximum absolute atomic E-state index is 12.5. The Morgan fingerprint density at radius 1 is 1.00 bits per heavy atom. The van der Waals surface area contributed by atoms with E-state index in [0.717, 1.165) is 24.0 Å². The van der Waals surface area contributed by atoms with Crippen molar-refractivity contribution in [1.82, 2.24) is 4.90 Å². The van der Waals surface area contributed by atoms with Crippen molar-refractivity contribution in [2.24, 2.45) is 0 Å². The van der Waals surface area contributed by atoms with Gasteiger partial charge in [0.15, 0.2) is 0 Å². The number of ether oxygens (including phenoxy) is 1. The minimum Gasteiger partial charge on any atom is -0.465 e. The van der Waals surface area contributed by atoms with Crippen LogP contribution in [0.3, 0.4) is 0 Å². The van der Waals surface area contributed by atoms with Crippen LogP contribution in [0.25, 0.3) is 0 Å². The highest BCUT2D eigenvalue weighted by molar-refractivity contribution is 5.89. The van der Waals surface area contributed by atoms with E-state index in [1.54, 1.807) is 17.0 Å². The first-order chi connectivity index (χ1) is 12.1. The molecule has 3 rings (SSSR count). The number of esters is 1. The maximum atomic E-state index is 12.5. The first-order valence-electron chi connectivity index (χ1n) is 8.58. The molecule has 25 heavy (non-hydrogen) atoms. The Balaban J connectivity index is 1.60. The summed E-state index contributed by atoms with van der Waals surface area (Å²) in [4.78, 5) is 25.7. The van der Waals surface area contributed by atoms with E-state index in [1.807, 2.05) is 19.2 Å². The molecule has 0 spiro atoms. The second-order valence-electron chi connectivity index (χ2n) is 6.57. The van der Waals surface area contributed by atoms with Crippen LogP contribution in [0.1, 0.15) is 39.0 Å². The molecule has 0 saturated heterocycles. The van der Waals surface area contributed by atoms with Crippen molar-refractivity contribution in [3.63, 3.8) is 0 Å². The third-order valence-corrected chi connectivity index (χ3v) is 4.74. The number of carbonyl (C=O) groups excluding carboxylic acids is 2. The molecule has 4 nitrogen and oxygen atoms in total. The van der Waals surface area contributed by atoms with Gasteiger partial charge in [-0.3, -0.25) is 4.79 Å². The fraction of sp³-hybridized carbons (Fsp3) is 0.333. The molecule has 0 radical (unpaired) electrons. The number of benzene rings is 2. The van der Waals surface area contributed by atoms with Crippen LogP contribution in [-0.2, 0) is 35.3 Å². The summed E-state index contributed by atoms with van der Waals surface area (Å²) in [5, 5.41) is 0. The lowest BCUT2D eigenvalue weighted by molar-refractivity contribution is -0.129. The average Bonchev–Trinajstić information content (AvgIpc) is 3.09. The number of likely N-dealkylation sites (N-methyl/N-ethyl adjacent to an activating group) is 1. The largest absolute Gasteiger partial charge is 0.465 e. The zero-order chi connectivity index (χ0) is 17.8. The molecule has 0 aromatic heterocycles. The Bertz CT molecular complexity index is 780. The molecule has 0 unspecified atom stereocenters. The summed E-state index contributed by atoms with van der Waals surface area (Å²) >= 11 is 0. The Kier molecular flexibility index (Phi) is 5.17. The molecule has 0 atom stereocenters. The van der Waals surface area contributed by atoms with Gasteiger partial charge in [0.25, 0.3) is 0 Å². The van der Waals surface area contributed by atoms with Crippen molar-refractivity contribution >= 4 is 11.9 Å². The highest BCUT2D eigenvalue weighted by atomic mass is 16.5. The topological polar surface area (TPSA) is 46.6 Å². The molecule has 1 aliphatic rings. The van der Waals surface area contributed by atoms with Crippen molar-refractivity contribution in [3.05, 3.63) is 70.3 Å². The maximum Gasteiger partial charge on any atom is 0.337 e. The number of hydrogen-bond acceptors (Lipinski definition) is 3. The number of rotatable bonds is 5. The summed E-state index contributed by atoms with van der Waals surface area (Å²) in [6.07, 6.45) is 3.92. The first kappa shape index (κ1) is 17.2. The van der Waals surface area contributed by atoms with E-state index in [0.29, 0.717) is 18.5 Å². The second kappa shape index (κ2) is 7.51. The predicted molar refractivity (Wildman–Crippen MR) is 96.4 cm³/mol. The van der Waals surface area contributed by atoms with Crippen LogP contribution >= 0.6 is 0 Å². The minimum absolute atomic E-state index is 0.0926. The van der Waals surface area contributed by atoms with E-state index in [4.69, 9.17) is 4.74 Å². The molecule has 0 N–H and O–H groups in total. The van der Waals surface area contributed by atoms with Gasteiger partial charge < -0.3 is 9.64 Å². The van der Waals surface area contributed by atoms with Gasteiger partial charge >= 0.3 is 5.97 Å². The van der Waals surface area contributed by atoms with E-state index in [2.05, 4.69) is 18.2 Å². The summed E-state index contributed by atoms with van der Waals surface area (Å²) in [5.41, 5.74) is 5.40. The monoisotopic (exact) mass is 337 g/mol. The van der Waals surface area contributed by atoms with Crippen LogP contribution in [0.5, 0.6) is 0 Å². The van der Waals surface area contributed by atoms with E-state index in [-0.39, 0.29) is 11.9 Å². The Labute approximate surface area is 148 Å². The van der Waals surface area contributed by atoms with Crippen LogP contribution in [0.15, 0.2) is 42.5 Å². The fourth-order valence-electron chi connectivity index (χ4n) is 3.27. The fourth-order valence-corrected chi connectivity index (χ4v) is 3.27. The van der Waals surface area contributed by atoms with Crippen molar-refractivity contribution in [1.29, 1.82) is 0 Å². The average molecular weight is 337 g/mol. The number of aryl methyl sites for hydroxylation is 2. The van der Waals surface area contributed by atoms with Gasteiger partial charge in [-0.2, -0.15) is 0 Å². The molecule has 0 heterocycles. The van der Waals surface area contributed by atoms with Crippen molar-refractivity contribution in [2.45, 2.75) is 32.2 Å².